The fraction of sp³-hybridized carbons (Fsp3) is 0.333. The smallest absolute Gasteiger partial charge is 0.330 e. The van der Waals surface area contributed by atoms with Gasteiger partial charge in [0.2, 0.25) is 0 Å². The van der Waals surface area contributed by atoms with Crippen molar-refractivity contribution in [3.63, 3.8) is 0 Å². The number of halogens is 3. The van der Waals surface area contributed by atoms with Crippen molar-refractivity contribution in [1.29, 1.82) is 0 Å². The first kappa shape index (κ1) is 18.4. The molecule has 0 aliphatic carbocycles. The maximum absolute atomic E-state index is 13.2. The molecule has 0 spiro atoms. The second-order valence-corrected chi connectivity index (χ2v) is 6.89. The van der Waals surface area contributed by atoms with E-state index in [4.69, 9.17) is 0 Å². The van der Waals surface area contributed by atoms with E-state index < -0.39 is 17.6 Å². The molecule has 1 amide bonds. The Hall–Kier alpha value is -3.01. The van der Waals surface area contributed by atoms with Crippen molar-refractivity contribution in [3.8, 4) is 0 Å². The number of H-pyrrole nitrogens is 1. The van der Waals surface area contributed by atoms with Gasteiger partial charge in [-0.1, -0.05) is 6.07 Å². The number of benzene rings is 1. The summed E-state index contributed by atoms with van der Waals surface area (Å²) in [5, 5.41) is 8.68. The highest BCUT2D eigenvalue weighted by atomic mass is 19.4. The Morgan fingerprint density at radius 1 is 1.29 bits per heavy atom. The van der Waals surface area contributed by atoms with Gasteiger partial charge in [-0.15, -0.1) is 5.53 Å². The third-order valence-corrected chi connectivity index (χ3v) is 5.13. The summed E-state index contributed by atoms with van der Waals surface area (Å²) >= 11 is 0. The van der Waals surface area contributed by atoms with Crippen molar-refractivity contribution >= 4 is 11.7 Å². The molecule has 2 aliphatic heterocycles. The van der Waals surface area contributed by atoms with Crippen LogP contribution in [0.5, 0.6) is 0 Å². The lowest BCUT2D eigenvalue weighted by Gasteiger charge is -2.35. The summed E-state index contributed by atoms with van der Waals surface area (Å²) < 4.78 is 39.6. The van der Waals surface area contributed by atoms with Crippen molar-refractivity contribution in [2.24, 2.45) is 0 Å². The molecule has 1 atom stereocenters. The summed E-state index contributed by atoms with van der Waals surface area (Å²) in [6.07, 6.45) is -2.26. The van der Waals surface area contributed by atoms with Crippen LogP contribution in [0.15, 0.2) is 41.9 Å². The minimum Gasteiger partial charge on any atom is -0.330 e. The number of aromatic amines is 1. The predicted molar refractivity (Wildman–Crippen MR) is 95.7 cm³/mol. The van der Waals surface area contributed by atoms with E-state index in [0.717, 1.165) is 17.5 Å². The maximum Gasteiger partial charge on any atom is 0.416 e. The van der Waals surface area contributed by atoms with E-state index in [1.54, 1.807) is 22.2 Å². The average molecular weight is 392 g/mol. The Bertz CT molecular complexity index is 937. The van der Waals surface area contributed by atoms with E-state index in [-0.39, 0.29) is 23.7 Å². The number of carbonyl (C=O) groups excluding carboxylic acids is 1. The quantitative estimate of drug-likeness (QED) is 0.733. The van der Waals surface area contributed by atoms with Gasteiger partial charge >= 0.3 is 6.18 Å². The number of alkyl halides is 3. The molecule has 3 heterocycles. The molecule has 0 saturated heterocycles. The molecular formula is C18H19F3N6O. The molecule has 3 N–H and O–H groups in total. The van der Waals surface area contributed by atoms with Crippen LogP contribution in [0, 0.1) is 6.92 Å². The molecular weight excluding hydrogens is 373 g/mol. The standard InChI is InChI=1S/C18H19F3N6O/c1-10-8-15-14(23-25-27(15)16-6-7-22-24-16)9-26(10)17(28)12-4-3-5-13(11(12)2)18(19,20)21/h3-7,10,23,25H,8-9H2,1-2H3,(H,22,24). The minimum absolute atomic E-state index is 0.0531. The topological polar surface area (TPSA) is 76.3 Å². The second kappa shape index (κ2) is 6.55. The second-order valence-electron chi connectivity index (χ2n) is 6.89. The van der Waals surface area contributed by atoms with E-state index in [0.29, 0.717) is 12.2 Å². The van der Waals surface area contributed by atoms with Gasteiger partial charge in [0, 0.05) is 30.3 Å². The van der Waals surface area contributed by atoms with E-state index in [2.05, 4.69) is 21.2 Å². The number of amides is 1. The van der Waals surface area contributed by atoms with Crippen LogP contribution in [0.25, 0.3) is 0 Å². The normalized spacial score (nSPS) is 19.7. The first-order chi connectivity index (χ1) is 13.3. The van der Waals surface area contributed by atoms with Crippen LogP contribution in [0.3, 0.4) is 0 Å². The van der Waals surface area contributed by atoms with Gasteiger partial charge in [-0.05, 0) is 31.5 Å². The van der Waals surface area contributed by atoms with Crippen molar-refractivity contribution in [2.45, 2.75) is 32.5 Å². The monoisotopic (exact) mass is 392 g/mol. The van der Waals surface area contributed by atoms with Crippen LogP contribution in [-0.2, 0) is 6.18 Å². The molecule has 4 rings (SSSR count). The third-order valence-electron chi connectivity index (χ3n) is 5.13. The number of hydrogen-bond donors (Lipinski definition) is 3. The average Bonchev–Trinajstić information content (AvgIpc) is 3.28. The molecule has 0 fully saturated rings. The number of nitrogens with zero attached hydrogens (tertiary/aromatic N) is 3. The molecule has 2 aliphatic rings. The number of rotatable bonds is 2. The Morgan fingerprint density at radius 3 is 2.75 bits per heavy atom. The number of anilines is 1. The van der Waals surface area contributed by atoms with Crippen LogP contribution >= 0.6 is 0 Å². The first-order valence-corrected chi connectivity index (χ1v) is 8.78. The lowest BCUT2D eigenvalue weighted by Crippen LogP contribution is -2.45. The lowest BCUT2D eigenvalue weighted by molar-refractivity contribution is -0.138. The zero-order chi connectivity index (χ0) is 20.1. The minimum atomic E-state index is -4.50. The molecule has 28 heavy (non-hydrogen) atoms. The first-order valence-electron chi connectivity index (χ1n) is 8.78. The SMILES string of the molecule is Cc1c(C(=O)N2CC3=C(CC2C)N(c2cc[nH]n2)NN3)cccc1C(F)(F)F. The third kappa shape index (κ3) is 2.99. The molecule has 0 bridgehead atoms. The highest BCUT2D eigenvalue weighted by Crippen LogP contribution is 2.35. The van der Waals surface area contributed by atoms with Gasteiger partial charge in [0.05, 0.1) is 23.5 Å². The summed E-state index contributed by atoms with van der Waals surface area (Å²) in [6.45, 7) is 3.48. The zero-order valence-corrected chi connectivity index (χ0v) is 15.3. The fourth-order valence-corrected chi connectivity index (χ4v) is 3.63. The van der Waals surface area contributed by atoms with Gasteiger partial charge in [0.25, 0.3) is 5.91 Å². The van der Waals surface area contributed by atoms with Crippen molar-refractivity contribution in [1.82, 2.24) is 26.1 Å². The van der Waals surface area contributed by atoms with Crippen molar-refractivity contribution < 1.29 is 18.0 Å². The van der Waals surface area contributed by atoms with Crippen LogP contribution < -0.4 is 16.0 Å². The van der Waals surface area contributed by atoms with Crippen molar-refractivity contribution in [3.05, 3.63) is 58.5 Å². The van der Waals surface area contributed by atoms with Gasteiger partial charge in [0.1, 0.15) is 0 Å². The van der Waals surface area contributed by atoms with Crippen LogP contribution in [0.1, 0.15) is 34.8 Å². The summed E-state index contributed by atoms with van der Waals surface area (Å²) in [7, 11) is 0. The van der Waals surface area contributed by atoms with Crippen LogP contribution in [0.2, 0.25) is 0 Å². The predicted octanol–water partition coefficient (Wildman–Crippen LogP) is 2.71. The van der Waals surface area contributed by atoms with Gasteiger partial charge in [-0.2, -0.15) is 18.3 Å². The maximum atomic E-state index is 13.2. The molecule has 148 valence electrons. The molecule has 0 saturated carbocycles. The van der Waals surface area contributed by atoms with Crippen LogP contribution in [0.4, 0.5) is 19.0 Å². The van der Waals surface area contributed by atoms with E-state index in [1.165, 1.54) is 19.1 Å². The zero-order valence-electron chi connectivity index (χ0n) is 15.3. The molecule has 1 aromatic carbocycles. The Labute approximate surface area is 159 Å². The number of hydrogen-bond acceptors (Lipinski definition) is 5. The Kier molecular flexibility index (Phi) is 4.30. The lowest BCUT2D eigenvalue weighted by atomic mass is 9.98. The van der Waals surface area contributed by atoms with E-state index in [9.17, 15) is 18.0 Å². The molecule has 7 nitrogen and oxygen atoms in total. The summed E-state index contributed by atoms with van der Waals surface area (Å²) in [5.41, 5.74) is 7.01. The van der Waals surface area contributed by atoms with Crippen molar-refractivity contribution in [2.75, 3.05) is 11.6 Å². The summed E-state index contributed by atoms with van der Waals surface area (Å²) in [6, 6.07) is 5.33. The van der Waals surface area contributed by atoms with Gasteiger partial charge in [0.15, 0.2) is 5.82 Å². The number of aromatic nitrogens is 2. The number of hydrazine groups is 2. The van der Waals surface area contributed by atoms with Crippen LogP contribution in [-0.4, -0.2) is 33.6 Å². The molecule has 2 aromatic rings. The van der Waals surface area contributed by atoms with Gasteiger partial charge < -0.3 is 10.3 Å². The number of carbonyl (C=O) groups is 1. The molecule has 0 radical (unpaired) electrons. The van der Waals surface area contributed by atoms with Gasteiger partial charge in [-0.25, -0.2) is 5.01 Å². The summed E-state index contributed by atoms with van der Waals surface area (Å²) in [5.74, 6) is 0.265. The molecule has 10 heteroatoms. The summed E-state index contributed by atoms with van der Waals surface area (Å²) in [4.78, 5) is 14.7. The molecule has 1 aromatic heterocycles. The van der Waals surface area contributed by atoms with Gasteiger partial charge in [-0.3, -0.25) is 9.89 Å². The Morgan fingerprint density at radius 2 is 2.07 bits per heavy atom. The van der Waals surface area contributed by atoms with E-state index in [1.807, 2.05) is 6.92 Å². The molecule has 1 unspecified atom stereocenters. The largest absolute Gasteiger partial charge is 0.416 e. The van der Waals surface area contributed by atoms with E-state index >= 15 is 0 Å². The Balaban J connectivity index is 1.62. The highest BCUT2D eigenvalue weighted by molar-refractivity contribution is 5.96. The fourth-order valence-electron chi connectivity index (χ4n) is 3.63. The highest BCUT2D eigenvalue weighted by Gasteiger charge is 2.38. The number of nitrogens with one attached hydrogen (secondary N) is 3.